The van der Waals surface area contributed by atoms with E-state index in [4.69, 9.17) is 4.42 Å². The molecule has 0 fully saturated rings. The molecule has 3 aromatic carbocycles. The predicted molar refractivity (Wildman–Crippen MR) is 126 cm³/mol. The van der Waals surface area contributed by atoms with E-state index in [1.807, 2.05) is 24.3 Å². The Hall–Kier alpha value is -3.98. The summed E-state index contributed by atoms with van der Waals surface area (Å²) in [5.41, 5.74) is 3.59. The third kappa shape index (κ3) is 4.17. The van der Waals surface area contributed by atoms with Crippen LogP contribution in [0.25, 0.3) is 11.0 Å². The smallest absolute Gasteiger partial charge is 0.261 e. The summed E-state index contributed by atoms with van der Waals surface area (Å²) in [7, 11) is -3.85. The van der Waals surface area contributed by atoms with Gasteiger partial charge in [0.1, 0.15) is 11.4 Å². The number of hydrogen-bond acceptors (Lipinski definition) is 5. The second-order valence-corrected chi connectivity index (χ2v) is 9.67. The molecule has 172 valence electrons. The molecule has 0 saturated carbocycles. The molecule has 34 heavy (non-hydrogen) atoms. The average Bonchev–Trinajstić information content (AvgIpc) is 3.46. The first kappa shape index (κ1) is 21.8. The summed E-state index contributed by atoms with van der Waals surface area (Å²) in [4.78, 5) is 12.3. The van der Waals surface area contributed by atoms with Crippen LogP contribution in [0.15, 0.2) is 93.5 Å². The number of hydrazone groups is 1. The number of furan rings is 1. The SMILES string of the molecule is CC(=O)N1N=C(c2ccc(NS(=O)(=O)c3ccc(F)cc3)cc2)CC1c1ccc2occc2c1. The molecule has 1 amide bonds. The standard InChI is InChI=1S/C25H20FN3O4S/c1-16(30)29-24(18-4-11-25-19(14-18)12-13-33-25)15-23(27-29)17-2-7-21(8-3-17)28-34(31,32)22-9-5-20(26)6-10-22/h2-14,24,28H,15H2,1H3. The van der Waals surface area contributed by atoms with Gasteiger partial charge in [-0.2, -0.15) is 5.10 Å². The number of halogens is 1. The minimum Gasteiger partial charge on any atom is -0.464 e. The minimum atomic E-state index is -3.85. The highest BCUT2D eigenvalue weighted by Gasteiger charge is 2.31. The van der Waals surface area contributed by atoms with Gasteiger partial charge in [0.25, 0.3) is 10.0 Å². The molecule has 5 rings (SSSR count). The van der Waals surface area contributed by atoms with Crippen molar-refractivity contribution in [3.8, 4) is 0 Å². The van der Waals surface area contributed by atoms with Gasteiger partial charge in [0, 0.05) is 24.4 Å². The Balaban J connectivity index is 1.36. The Bertz CT molecular complexity index is 1510. The molecule has 1 atom stereocenters. The van der Waals surface area contributed by atoms with Crippen molar-refractivity contribution >= 4 is 38.3 Å². The van der Waals surface area contributed by atoms with E-state index >= 15 is 0 Å². The zero-order valence-electron chi connectivity index (χ0n) is 18.1. The van der Waals surface area contributed by atoms with Crippen LogP contribution in [-0.2, 0) is 14.8 Å². The lowest BCUT2D eigenvalue weighted by atomic mass is 9.97. The van der Waals surface area contributed by atoms with Crippen molar-refractivity contribution in [2.75, 3.05) is 4.72 Å². The molecule has 0 saturated heterocycles. The number of benzene rings is 3. The van der Waals surface area contributed by atoms with E-state index in [-0.39, 0.29) is 16.8 Å². The van der Waals surface area contributed by atoms with Crippen molar-refractivity contribution < 1.29 is 22.0 Å². The Morgan fingerprint density at radius 3 is 2.50 bits per heavy atom. The first-order chi connectivity index (χ1) is 16.3. The molecule has 7 nitrogen and oxygen atoms in total. The zero-order valence-corrected chi connectivity index (χ0v) is 18.9. The third-order valence-electron chi connectivity index (χ3n) is 5.69. The lowest BCUT2D eigenvalue weighted by molar-refractivity contribution is -0.130. The second-order valence-electron chi connectivity index (χ2n) is 7.98. The highest BCUT2D eigenvalue weighted by molar-refractivity contribution is 7.92. The van der Waals surface area contributed by atoms with E-state index in [0.717, 1.165) is 39.9 Å². The molecular formula is C25H20FN3O4S. The van der Waals surface area contributed by atoms with E-state index < -0.39 is 15.8 Å². The van der Waals surface area contributed by atoms with Crippen molar-refractivity contribution in [2.24, 2.45) is 5.10 Å². The maximum atomic E-state index is 13.1. The highest BCUT2D eigenvalue weighted by atomic mass is 32.2. The van der Waals surface area contributed by atoms with Gasteiger partial charge in [0.15, 0.2) is 0 Å². The Kier molecular flexibility index (Phi) is 5.41. The van der Waals surface area contributed by atoms with Gasteiger partial charge in [0.05, 0.1) is 22.9 Å². The first-order valence-electron chi connectivity index (χ1n) is 10.5. The van der Waals surface area contributed by atoms with Gasteiger partial charge in [-0.05, 0) is 65.7 Å². The predicted octanol–water partition coefficient (Wildman–Crippen LogP) is 5.07. The lowest BCUT2D eigenvalue weighted by Crippen LogP contribution is -2.24. The summed E-state index contributed by atoms with van der Waals surface area (Å²) < 4.78 is 46.1. The van der Waals surface area contributed by atoms with E-state index in [9.17, 15) is 17.6 Å². The van der Waals surface area contributed by atoms with Crippen molar-refractivity contribution in [1.82, 2.24) is 5.01 Å². The van der Waals surface area contributed by atoms with Gasteiger partial charge in [-0.15, -0.1) is 0 Å². The van der Waals surface area contributed by atoms with Crippen LogP contribution in [0, 0.1) is 5.82 Å². The van der Waals surface area contributed by atoms with E-state index in [1.54, 1.807) is 30.5 Å². The molecule has 9 heteroatoms. The number of carbonyl (C=O) groups is 1. The largest absolute Gasteiger partial charge is 0.464 e. The molecule has 1 aliphatic heterocycles. The molecule has 4 aromatic rings. The van der Waals surface area contributed by atoms with Gasteiger partial charge in [0.2, 0.25) is 5.91 Å². The number of hydrogen-bond donors (Lipinski definition) is 1. The molecule has 1 unspecified atom stereocenters. The van der Waals surface area contributed by atoms with E-state index in [1.165, 1.54) is 24.1 Å². The molecular weight excluding hydrogens is 457 g/mol. The number of rotatable bonds is 5. The monoisotopic (exact) mass is 477 g/mol. The van der Waals surface area contributed by atoms with Crippen molar-refractivity contribution in [3.63, 3.8) is 0 Å². The minimum absolute atomic E-state index is 0.0346. The summed E-state index contributed by atoms with van der Waals surface area (Å²) in [5, 5.41) is 6.97. The van der Waals surface area contributed by atoms with Crippen LogP contribution in [0.4, 0.5) is 10.1 Å². The normalized spacial score (nSPS) is 16.0. The maximum Gasteiger partial charge on any atom is 0.261 e. The fraction of sp³-hybridized carbons (Fsp3) is 0.120. The van der Waals surface area contributed by atoms with Crippen LogP contribution in [-0.4, -0.2) is 25.0 Å². The number of carbonyl (C=O) groups excluding carboxylic acids is 1. The Morgan fingerprint density at radius 2 is 1.79 bits per heavy atom. The first-order valence-corrected chi connectivity index (χ1v) is 12.0. The maximum absolute atomic E-state index is 13.1. The number of nitrogens with zero attached hydrogens (tertiary/aromatic N) is 2. The molecule has 0 radical (unpaired) electrons. The van der Waals surface area contributed by atoms with Crippen molar-refractivity contribution in [2.45, 2.75) is 24.3 Å². The van der Waals surface area contributed by atoms with Crippen molar-refractivity contribution in [3.05, 3.63) is 96.0 Å². The van der Waals surface area contributed by atoms with Crippen LogP contribution in [0.3, 0.4) is 0 Å². The number of anilines is 1. The third-order valence-corrected chi connectivity index (χ3v) is 7.09. The van der Waals surface area contributed by atoms with Gasteiger partial charge in [-0.3, -0.25) is 9.52 Å². The van der Waals surface area contributed by atoms with E-state index in [2.05, 4.69) is 9.82 Å². The number of fused-ring (bicyclic) bond motifs is 1. The Labute approximate surface area is 195 Å². The fourth-order valence-corrected chi connectivity index (χ4v) is 5.04. The second kappa shape index (κ2) is 8.42. The molecule has 0 bridgehead atoms. The van der Waals surface area contributed by atoms with Crippen molar-refractivity contribution in [1.29, 1.82) is 0 Å². The van der Waals surface area contributed by atoms with Crippen LogP contribution >= 0.6 is 0 Å². The average molecular weight is 478 g/mol. The zero-order chi connectivity index (χ0) is 23.9. The number of sulfonamides is 1. The van der Waals surface area contributed by atoms with Crippen LogP contribution in [0.5, 0.6) is 0 Å². The lowest BCUT2D eigenvalue weighted by Gasteiger charge is -2.20. The van der Waals surface area contributed by atoms with Crippen LogP contribution in [0.1, 0.15) is 30.5 Å². The van der Waals surface area contributed by atoms with Crippen LogP contribution < -0.4 is 4.72 Å². The summed E-state index contributed by atoms with van der Waals surface area (Å²) >= 11 is 0. The molecule has 1 N–H and O–H groups in total. The number of nitrogens with one attached hydrogen (secondary N) is 1. The van der Waals surface area contributed by atoms with Gasteiger partial charge >= 0.3 is 0 Å². The highest BCUT2D eigenvalue weighted by Crippen LogP contribution is 2.34. The molecule has 1 aromatic heterocycles. The van der Waals surface area contributed by atoms with E-state index in [0.29, 0.717) is 12.1 Å². The molecule has 0 spiro atoms. The molecule has 0 aliphatic carbocycles. The van der Waals surface area contributed by atoms with Gasteiger partial charge in [-0.1, -0.05) is 18.2 Å². The summed E-state index contributed by atoms with van der Waals surface area (Å²) in [6.45, 7) is 1.48. The summed E-state index contributed by atoms with van der Waals surface area (Å²) in [6.07, 6.45) is 2.14. The molecule has 2 heterocycles. The summed E-state index contributed by atoms with van der Waals surface area (Å²) in [6, 6.07) is 18.8. The van der Waals surface area contributed by atoms with Gasteiger partial charge < -0.3 is 4.42 Å². The fourth-order valence-electron chi connectivity index (χ4n) is 3.99. The molecule has 1 aliphatic rings. The summed E-state index contributed by atoms with van der Waals surface area (Å²) in [5.74, 6) is -0.681. The quantitative estimate of drug-likeness (QED) is 0.434. The van der Waals surface area contributed by atoms with Gasteiger partial charge in [-0.25, -0.2) is 17.8 Å². The topological polar surface area (TPSA) is 92.0 Å². The number of amides is 1. The Morgan fingerprint density at radius 1 is 1.06 bits per heavy atom. The van der Waals surface area contributed by atoms with Crippen LogP contribution in [0.2, 0.25) is 0 Å².